The summed E-state index contributed by atoms with van der Waals surface area (Å²) in [5, 5.41) is 0. The van der Waals surface area contributed by atoms with Crippen molar-refractivity contribution >= 4 is 5.91 Å². The smallest absolute Gasteiger partial charge is 0.222 e. The molecule has 0 heterocycles. The van der Waals surface area contributed by atoms with Crippen molar-refractivity contribution in [2.75, 3.05) is 13.1 Å². The molecule has 0 saturated heterocycles. The van der Waals surface area contributed by atoms with Crippen molar-refractivity contribution < 1.29 is 4.79 Å². The number of carbonyl (C=O) groups is 1. The molecule has 1 aliphatic carbocycles. The van der Waals surface area contributed by atoms with Gasteiger partial charge in [0, 0.05) is 25.6 Å². The Morgan fingerprint density at radius 2 is 2.00 bits per heavy atom. The molecule has 1 saturated carbocycles. The van der Waals surface area contributed by atoms with Crippen molar-refractivity contribution in [1.29, 1.82) is 0 Å². The van der Waals surface area contributed by atoms with E-state index in [4.69, 9.17) is 5.73 Å². The van der Waals surface area contributed by atoms with Crippen molar-refractivity contribution in [3.05, 3.63) is 0 Å². The van der Waals surface area contributed by atoms with Gasteiger partial charge in [0.2, 0.25) is 5.91 Å². The van der Waals surface area contributed by atoms with Crippen LogP contribution >= 0.6 is 0 Å². The monoisotopic (exact) mass is 226 g/mol. The van der Waals surface area contributed by atoms with Gasteiger partial charge in [0.15, 0.2) is 0 Å². The lowest BCUT2D eigenvalue weighted by atomic mass is 10.0. The van der Waals surface area contributed by atoms with Crippen molar-refractivity contribution in [3.8, 4) is 0 Å². The lowest BCUT2D eigenvalue weighted by Gasteiger charge is -2.26. The van der Waals surface area contributed by atoms with E-state index in [1.807, 2.05) is 4.90 Å². The highest BCUT2D eigenvalue weighted by molar-refractivity contribution is 5.76. The van der Waals surface area contributed by atoms with Crippen LogP contribution in [0.1, 0.15) is 52.4 Å². The molecule has 2 N–H and O–H groups in total. The van der Waals surface area contributed by atoms with Gasteiger partial charge in [0.25, 0.3) is 0 Å². The minimum Gasteiger partial charge on any atom is -0.339 e. The molecular weight excluding hydrogens is 200 g/mol. The normalized spacial score (nSPS) is 17.0. The Morgan fingerprint density at radius 1 is 1.38 bits per heavy atom. The average Bonchev–Trinajstić information content (AvgIpc) is 2.75. The van der Waals surface area contributed by atoms with Crippen LogP contribution in [0, 0.1) is 5.92 Å². The van der Waals surface area contributed by atoms with E-state index >= 15 is 0 Å². The first-order chi connectivity index (χ1) is 7.65. The number of amides is 1. The third-order valence-electron chi connectivity index (χ3n) is 3.55. The van der Waals surface area contributed by atoms with Crippen LogP contribution in [0.4, 0.5) is 0 Å². The first-order valence-corrected chi connectivity index (χ1v) is 6.64. The molecule has 3 heteroatoms. The Hall–Kier alpha value is -0.570. The summed E-state index contributed by atoms with van der Waals surface area (Å²) < 4.78 is 0. The van der Waals surface area contributed by atoms with Crippen LogP contribution in [-0.2, 0) is 4.79 Å². The fraction of sp³-hybridized carbons (Fsp3) is 0.923. The first kappa shape index (κ1) is 13.5. The predicted molar refractivity (Wildman–Crippen MR) is 67.1 cm³/mol. The van der Waals surface area contributed by atoms with Crippen LogP contribution in [0.5, 0.6) is 0 Å². The van der Waals surface area contributed by atoms with Gasteiger partial charge in [0.05, 0.1) is 0 Å². The SMILES string of the molecule is CC(C)N(CCN)C(=O)CCC1CCCC1. The number of nitrogens with two attached hydrogens (primary N) is 1. The maximum Gasteiger partial charge on any atom is 0.222 e. The Kier molecular flexibility index (Phi) is 5.81. The number of hydrogen-bond acceptors (Lipinski definition) is 2. The topological polar surface area (TPSA) is 46.3 Å². The van der Waals surface area contributed by atoms with Gasteiger partial charge in [-0.2, -0.15) is 0 Å². The second-order valence-corrected chi connectivity index (χ2v) is 5.16. The summed E-state index contributed by atoms with van der Waals surface area (Å²) in [6.07, 6.45) is 7.15. The van der Waals surface area contributed by atoms with Crippen LogP contribution < -0.4 is 5.73 Å². The number of nitrogens with zero attached hydrogens (tertiary/aromatic N) is 1. The molecule has 1 rings (SSSR count). The zero-order valence-electron chi connectivity index (χ0n) is 10.7. The fourth-order valence-corrected chi connectivity index (χ4v) is 2.58. The van der Waals surface area contributed by atoms with Gasteiger partial charge in [-0.25, -0.2) is 0 Å². The molecule has 0 aromatic carbocycles. The standard InChI is InChI=1S/C13H26N2O/c1-11(2)15(10-9-14)13(16)8-7-12-5-3-4-6-12/h11-12H,3-10,14H2,1-2H3. The summed E-state index contributed by atoms with van der Waals surface area (Å²) in [7, 11) is 0. The van der Waals surface area contributed by atoms with Gasteiger partial charge in [-0.15, -0.1) is 0 Å². The molecule has 94 valence electrons. The minimum atomic E-state index is 0.277. The largest absolute Gasteiger partial charge is 0.339 e. The molecule has 0 bridgehead atoms. The van der Waals surface area contributed by atoms with Crippen LogP contribution in [-0.4, -0.2) is 29.9 Å². The molecule has 1 aliphatic rings. The highest BCUT2D eigenvalue weighted by Gasteiger charge is 2.20. The number of rotatable bonds is 6. The highest BCUT2D eigenvalue weighted by atomic mass is 16.2. The van der Waals surface area contributed by atoms with Gasteiger partial charge in [0.1, 0.15) is 0 Å². The Morgan fingerprint density at radius 3 is 2.50 bits per heavy atom. The summed E-state index contributed by atoms with van der Waals surface area (Å²) in [6, 6.07) is 0.277. The van der Waals surface area contributed by atoms with E-state index in [-0.39, 0.29) is 11.9 Å². The van der Waals surface area contributed by atoms with Crippen LogP contribution in [0.2, 0.25) is 0 Å². The van der Waals surface area contributed by atoms with E-state index < -0.39 is 0 Å². The summed E-state index contributed by atoms with van der Waals surface area (Å²) in [4.78, 5) is 13.9. The van der Waals surface area contributed by atoms with E-state index in [2.05, 4.69) is 13.8 Å². The molecule has 0 radical (unpaired) electrons. The molecule has 16 heavy (non-hydrogen) atoms. The third kappa shape index (κ3) is 4.12. The second-order valence-electron chi connectivity index (χ2n) is 5.16. The zero-order valence-corrected chi connectivity index (χ0v) is 10.7. The summed E-state index contributed by atoms with van der Waals surface area (Å²) in [6.45, 7) is 5.38. The van der Waals surface area contributed by atoms with Gasteiger partial charge in [-0.3, -0.25) is 4.79 Å². The third-order valence-corrected chi connectivity index (χ3v) is 3.55. The maximum atomic E-state index is 12.0. The predicted octanol–water partition coefficient (Wildman–Crippen LogP) is 2.15. The summed E-state index contributed by atoms with van der Waals surface area (Å²) in [5.41, 5.74) is 5.53. The number of carbonyl (C=O) groups excluding carboxylic acids is 1. The molecule has 0 spiro atoms. The second kappa shape index (κ2) is 6.89. The first-order valence-electron chi connectivity index (χ1n) is 6.64. The average molecular weight is 226 g/mol. The zero-order chi connectivity index (χ0) is 12.0. The molecule has 1 fully saturated rings. The molecule has 0 aromatic heterocycles. The molecule has 1 amide bonds. The fourth-order valence-electron chi connectivity index (χ4n) is 2.58. The summed E-state index contributed by atoms with van der Waals surface area (Å²) >= 11 is 0. The Bertz CT molecular complexity index is 210. The highest BCUT2D eigenvalue weighted by Crippen LogP contribution is 2.28. The van der Waals surface area contributed by atoms with E-state index in [0.29, 0.717) is 19.5 Å². The van der Waals surface area contributed by atoms with Crippen molar-refractivity contribution in [1.82, 2.24) is 4.90 Å². The van der Waals surface area contributed by atoms with Gasteiger partial charge < -0.3 is 10.6 Å². The quantitative estimate of drug-likeness (QED) is 0.754. The molecule has 0 atom stereocenters. The van der Waals surface area contributed by atoms with Crippen LogP contribution in [0.25, 0.3) is 0 Å². The van der Waals surface area contributed by atoms with Gasteiger partial charge in [-0.1, -0.05) is 25.7 Å². The molecule has 0 aliphatic heterocycles. The Labute approximate surface area is 99.4 Å². The minimum absolute atomic E-state index is 0.277. The molecule has 3 nitrogen and oxygen atoms in total. The lowest BCUT2D eigenvalue weighted by molar-refractivity contribution is -0.133. The molecule has 0 unspecified atom stereocenters. The van der Waals surface area contributed by atoms with Crippen LogP contribution in [0.15, 0.2) is 0 Å². The number of hydrogen-bond donors (Lipinski definition) is 1. The van der Waals surface area contributed by atoms with E-state index in [1.54, 1.807) is 0 Å². The molecular formula is C13H26N2O. The van der Waals surface area contributed by atoms with E-state index in [9.17, 15) is 4.79 Å². The maximum absolute atomic E-state index is 12.0. The van der Waals surface area contributed by atoms with Crippen molar-refractivity contribution in [2.45, 2.75) is 58.4 Å². The Balaban J connectivity index is 2.30. The van der Waals surface area contributed by atoms with Crippen LogP contribution in [0.3, 0.4) is 0 Å². The van der Waals surface area contributed by atoms with E-state index in [0.717, 1.165) is 12.3 Å². The van der Waals surface area contributed by atoms with Crippen molar-refractivity contribution in [2.24, 2.45) is 11.7 Å². The molecule has 0 aromatic rings. The van der Waals surface area contributed by atoms with Gasteiger partial charge >= 0.3 is 0 Å². The summed E-state index contributed by atoms with van der Waals surface area (Å²) in [5.74, 6) is 1.09. The van der Waals surface area contributed by atoms with E-state index in [1.165, 1.54) is 25.7 Å². The van der Waals surface area contributed by atoms with Gasteiger partial charge in [-0.05, 0) is 26.2 Å². The lowest BCUT2D eigenvalue weighted by Crippen LogP contribution is -2.40. The van der Waals surface area contributed by atoms with Crippen molar-refractivity contribution in [3.63, 3.8) is 0 Å².